The van der Waals surface area contributed by atoms with Crippen LogP contribution in [0.3, 0.4) is 0 Å². The summed E-state index contributed by atoms with van der Waals surface area (Å²) in [6.07, 6.45) is 1.82. The van der Waals surface area contributed by atoms with Crippen molar-refractivity contribution in [3.8, 4) is 11.8 Å². The smallest absolute Gasteiger partial charge is 0.119 e. The number of hydrogen-bond acceptors (Lipinski definition) is 2. The monoisotopic (exact) mass is 283 g/mol. The molecule has 20 heavy (non-hydrogen) atoms. The molecule has 0 unspecified atom stereocenters. The van der Waals surface area contributed by atoms with Gasteiger partial charge in [-0.25, -0.2) is 0 Å². The fourth-order valence-corrected chi connectivity index (χ4v) is 2.08. The Labute approximate surface area is 123 Å². The predicted molar refractivity (Wildman–Crippen MR) is 82.5 cm³/mol. The van der Waals surface area contributed by atoms with Gasteiger partial charge in [0.05, 0.1) is 18.2 Å². The molecule has 2 aromatic carbocycles. The van der Waals surface area contributed by atoms with Gasteiger partial charge in [-0.3, -0.25) is 0 Å². The Balaban J connectivity index is 2.32. The number of allylic oxidation sites excluding steroid dienone is 1. The SMILES string of the molecule is CCOc1ccc(C=C(C#N)c2ccccc2Cl)cc1. The van der Waals surface area contributed by atoms with Crippen molar-refractivity contribution in [1.82, 2.24) is 0 Å². The van der Waals surface area contributed by atoms with Gasteiger partial charge >= 0.3 is 0 Å². The highest BCUT2D eigenvalue weighted by molar-refractivity contribution is 6.32. The number of benzene rings is 2. The van der Waals surface area contributed by atoms with Gasteiger partial charge < -0.3 is 4.74 Å². The summed E-state index contributed by atoms with van der Waals surface area (Å²) in [6, 6.07) is 17.1. The van der Waals surface area contributed by atoms with E-state index in [1.165, 1.54) is 0 Å². The number of halogens is 1. The van der Waals surface area contributed by atoms with E-state index in [0.29, 0.717) is 17.2 Å². The summed E-state index contributed by atoms with van der Waals surface area (Å²) in [5.74, 6) is 0.820. The van der Waals surface area contributed by atoms with Gasteiger partial charge in [0.1, 0.15) is 5.75 Å². The second-order valence-corrected chi connectivity index (χ2v) is 4.56. The molecule has 0 amide bonds. The molecule has 3 heteroatoms. The average molecular weight is 284 g/mol. The van der Waals surface area contributed by atoms with E-state index in [0.717, 1.165) is 16.9 Å². The molecular formula is C17H14ClNO. The van der Waals surface area contributed by atoms with Crippen molar-refractivity contribution in [2.45, 2.75) is 6.92 Å². The maximum atomic E-state index is 9.30. The molecule has 2 rings (SSSR count). The molecule has 0 atom stereocenters. The molecule has 0 fully saturated rings. The highest BCUT2D eigenvalue weighted by atomic mass is 35.5. The summed E-state index contributed by atoms with van der Waals surface area (Å²) >= 11 is 6.12. The summed E-state index contributed by atoms with van der Waals surface area (Å²) in [5.41, 5.74) is 2.22. The summed E-state index contributed by atoms with van der Waals surface area (Å²) in [7, 11) is 0. The van der Waals surface area contributed by atoms with E-state index in [4.69, 9.17) is 16.3 Å². The van der Waals surface area contributed by atoms with Gasteiger partial charge in [-0.15, -0.1) is 0 Å². The largest absolute Gasteiger partial charge is 0.494 e. The van der Waals surface area contributed by atoms with Crippen LogP contribution < -0.4 is 4.74 Å². The second-order valence-electron chi connectivity index (χ2n) is 4.15. The fourth-order valence-electron chi connectivity index (χ4n) is 1.84. The summed E-state index contributed by atoms with van der Waals surface area (Å²) in [4.78, 5) is 0. The van der Waals surface area contributed by atoms with Gasteiger partial charge in [0.2, 0.25) is 0 Å². The maximum absolute atomic E-state index is 9.30. The van der Waals surface area contributed by atoms with Crippen LogP contribution in [0.25, 0.3) is 11.6 Å². The van der Waals surface area contributed by atoms with E-state index in [1.807, 2.05) is 55.5 Å². The van der Waals surface area contributed by atoms with Crippen LogP contribution in [0.4, 0.5) is 0 Å². The molecule has 2 nitrogen and oxygen atoms in total. The number of rotatable bonds is 4. The van der Waals surface area contributed by atoms with E-state index >= 15 is 0 Å². The minimum atomic E-state index is 0.541. The number of nitrogens with zero attached hydrogens (tertiary/aromatic N) is 1. The Kier molecular flexibility index (Phi) is 4.81. The van der Waals surface area contributed by atoms with Gasteiger partial charge in [0.25, 0.3) is 0 Å². The Morgan fingerprint density at radius 1 is 1.20 bits per heavy atom. The number of ether oxygens (including phenoxy) is 1. The third-order valence-electron chi connectivity index (χ3n) is 2.79. The van der Waals surface area contributed by atoms with E-state index in [2.05, 4.69) is 6.07 Å². The van der Waals surface area contributed by atoms with Crippen molar-refractivity contribution in [3.63, 3.8) is 0 Å². The lowest BCUT2D eigenvalue weighted by molar-refractivity contribution is 0.340. The highest BCUT2D eigenvalue weighted by Crippen LogP contribution is 2.25. The molecule has 0 saturated heterocycles. The topological polar surface area (TPSA) is 33.0 Å². The normalized spacial score (nSPS) is 10.9. The minimum absolute atomic E-state index is 0.541. The Hall–Kier alpha value is -2.24. The van der Waals surface area contributed by atoms with Crippen molar-refractivity contribution >= 4 is 23.3 Å². The van der Waals surface area contributed by atoms with E-state index < -0.39 is 0 Å². The van der Waals surface area contributed by atoms with Crippen LogP contribution in [-0.2, 0) is 0 Å². The summed E-state index contributed by atoms with van der Waals surface area (Å²) < 4.78 is 5.39. The lowest BCUT2D eigenvalue weighted by atomic mass is 10.0. The Morgan fingerprint density at radius 3 is 2.50 bits per heavy atom. The fraction of sp³-hybridized carbons (Fsp3) is 0.118. The zero-order valence-electron chi connectivity index (χ0n) is 11.1. The van der Waals surface area contributed by atoms with Crippen LogP contribution in [-0.4, -0.2) is 6.61 Å². The van der Waals surface area contributed by atoms with E-state index in [1.54, 1.807) is 6.07 Å². The first-order valence-electron chi connectivity index (χ1n) is 6.34. The molecule has 0 aromatic heterocycles. The summed E-state index contributed by atoms with van der Waals surface area (Å²) in [6.45, 7) is 2.58. The van der Waals surface area contributed by atoms with Crippen molar-refractivity contribution < 1.29 is 4.74 Å². The highest BCUT2D eigenvalue weighted by Gasteiger charge is 2.05. The molecule has 0 spiro atoms. The number of hydrogen-bond donors (Lipinski definition) is 0. The lowest BCUT2D eigenvalue weighted by Crippen LogP contribution is -1.90. The predicted octanol–water partition coefficient (Wildman–Crippen LogP) is 4.80. The van der Waals surface area contributed by atoms with Gasteiger partial charge in [0, 0.05) is 10.6 Å². The molecule has 0 heterocycles. The number of nitriles is 1. The molecule has 0 N–H and O–H groups in total. The van der Waals surface area contributed by atoms with Gasteiger partial charge in [0.15, 0.2) is 0 Å². The van der Waals surface area contributed by atoms with Crippen molar-refractivity contribution in [1.29, 1.82) is 5.26 Å². The Bertz CT molecular complexity index is 653. The van der Waals surface area contributed by atoms with Gasteiger partial charge in [-0.2, -0.15) is 5.26 Å². The van der Waals surface area contributed by atoms with E-state index in [-0.39, 0.29) is 0 Å². The molecule has 0 radical (unpaired) electrons. The van der Waals surface area contributed by atoms with Crippen LogP contribution >= 0.6 is 11.6 Å². The molecule has 100 valence electrons. The zero-order chi connectivity index (χ0) is 14.4. The molecular weight excluding hydrogens is 270 g/mol. The molecule has 0 aliphatic rings. The van der Waals surface area contributed by atoms with Crippen LogP contribution in [0.5, 0.6) is 5.75 Å². The van der Waals surface area contributed by atoms with Gasteiger partial charge in [-0.05, 0) is 36.8 Å². The quantitative estimate of drug-likeness (QED) is 0.596. The van der Waals surface area contributed by atoms with Gasteiger partial charge in [-0.1, -0.05) is 41.9 Å². The van der Waals surface area contributed by atoms with E-state index in [9.17, 15) is 5.26 Å². The third-order valence-corrected chi connectivity index (χ3v) is 3.12. The molecule has 2 aromatic rings. The lowest BCUT2D eigenvalue weighted by Gasteiger charge is -2.04. The first-order chi connectivity index (χ1) is 9.74. The first-order valence-corrected chi connectivity index (χ1v) is 6.72. The zero-order valence-corrected chi connectivity index (χ0v) is 11.9. The van der Waals surface area contributed by atoms with Crippen LogP contribution in [0.15, 0.2) is 48.5 Å². The second kappa shape index (κ2) is 6.79. The standard InChI is InChI=1S/C17H14ClNO/c1-2-20-15-9-7-13(8-10-15)11-14(12-19)16-5-3-4-6-17(16)18/h3-11H,2H2,1H3. The van der Waals surface area contributed by atoms with Crippen molar-refractivity contribution in [2.24, 2.45) is 0 Å². The van der Waals surface area contributed by atoms with Crippen LogP contribution in [0.1, 0.15) is 18.1 Å². The molecule has 0 saturated carbocycles. The van der Waals surface area contributed by atoms with Crippen LogP contribution in [0, 0.1) is 11.3 Å². The first kappa shape index (κ1) is 14.2. The molecule has 0 aliphatic heterocycles. The third kappa shape index (κ3) is 3.40. The molecule has 0 aliphatic carbocycles. The maximum Gasteiger partial charge on any atom is 0.119 e. The van der Waals surface area contributed by atoms with Crippen molar-refractivity contribution in [3.05, 3.63) is 64.7 Å². The molecule has 0 bridgehead atoms. The summed E-state index contributed by atoms with van der Waals surface area (Å²) in [5, 5.41) is 9.88. The minimum Gasteiger partial charge on any atom is -0.494 e. The Morgan fingerprint density at radius 2 is 1.90 bits per heavy atom. The van der Waals surface area contributed by atoms with Crippen molar-refractivity contribution in [2.75, 3.05) is 6.61 Å². The average Bonchev–Trinajstić information content (AvgIpc) is 2.48. The van der Waals surface area contributed by atoms with Crippen LogP contribution in [0.2, 0.25) is 5.02 Å².